The monoisotopic (exact) mass is 316 g/mol. The van der Waals surface area contributed by atoms with Gasteiger partial charge in [-0.25, -0.2) is 4.98 Å². The van der Waals surface area contributed by atoms with Crippen LogP contribution in [0.5, 0.6) is 0 Å². The molecule has 0 radical (unpaired) electrons. The van der Waals surface area contributed by atoms with E-state index in [4.69, 9.17) is 0 Å². The molecule has 0 N–H and O–H groups in total. The summed E-state index contributed by atoms with van der Waals surface area (Å²) in [6.07, 6.45) is 1.25. The second kappa shape index (κ2) is 4.78. The Morgan fingerprint density at radius 2 is 1.95 bits per heavy atom. The Hall–Kier alpha value is -1.68. The lowest BCUT2D eigenvalue weighted by Gasteiger charge is -2.26. The fourth-order valence-electron chi connectivity index (χ4n) is 2.34. The molecule has 1 aromatic carbocycles. The van der Waals surface area contributed by atoms with E-state index in [1.807, 2.05) is 43.4 Å². The first-order valence-electron chi connectivity index (χ1n) is 6.18. The summed E-state index contributed by atoms with van der Waals surface area (Å²) in [5, 5.41) is 0. The third-order valence-electron chi connectivity index (χ3n) is 3.43. The van der Waals surface area contributed by atoms with Crippen LogP contribution in [0.15, 0.2) is 41.0 Å². The van der Waals surface area contributed by atoms with Crippen molar-refractivity contribution in [1.29, 1.82) is 0 Å². The zero-order valence-electron chi connectivity index (χ0n) is 10.6. The number of amides is 1. The maximum Gasteiger partial charge on any atom is 0.227 e. The lowest BCUT2D eigenvalue weighted by Crippen LogP contribution is -2.31. The Morgan fingerprint density at radius 1 is 1.21 bits per heavy atom. The molecule has 3 rings (SSSR count). The lowest BCUT2D eigenvalue weighted by atomic mass is 10.0. The maximum atomic E-state index is 11.8. The average Bonchev–Trinajstić information content (AvgIpc) is 2.44. The van der Waals surface area contributed by atoms with E-state index in [2.05, 4.69) is 20.9 Å². The second-order valence-electron chi connectivity index (χ2n) is 4.61. The van der Waals surface area contributed by atoms with Crippen LogP contribution in [-0.4, -0.2) is 17.9 Å². The van der Waals surface area contributed by atoms with E-state index in [-0.39, 0.29) is 5.91 Å². The van der Waals surface area contributed by atoms with Crippen LogP contribution < -0.4 is 4.90 Å². The minimum Gasteiger partial charge on any atom is -0.314 e. The molecule has 19 heavy (non-hydrogen) atoms. The van der Waals surface area contributed by atoms with Gasteiger partial charge >= 0.3 is 0 Å². The molecule has 0 atom stereocenters. The summed E-state index contributed by atoms with van der Waals surface area (Å²) in [6.45, 7) is 0. The molecule has 4 heteroatoms. The third-order valence-corrected chi connectivity index (χ3v) is 4.03. The van der Waals surface area contributed by atoms with Gasteiger partial charge in [-0.3, -0.25) is 4.79 Å². The Bertz CT molecular complexity index is 640. The van der Waals surface area contributed by atoms with Crippen LogP contribution in [0, 0.1) is 0 Å². The quantitative estimate of drug-likeness (QED) is 0.755. The minimum atomic E-state index is 0.149. The van der Waals surface area contributed by atoms with Gasteiger partial charge in [0, 0.05) is 25.5 Å². The van der Waals surface area contributed by atoms with E-state index < -0.39 is 0 Å². The molecule has 1 aliphatic heterocycles. The molecule has 2 aromatic rings. The molecule has 1 aliphatic rings. The van der Waals surface area contributed by atoms with Crippen molar-refractivity contribution in [1.82, 2.24) is 4.98 Å². The van der Waals surface area contributed by atoms with Crippen molar-refractivity contribution < 1.29 is 4.79 Å². The predicted octanol–water partition coefficient (Wildman–Crippen LogP) is 3.42. The molecule has 96 valence electrons. The number of hydrogen-bond donors (Lipinski definition) is 0. The highest BCUT2D eigenvalue weighted by atomic mass is 79.9. The Kier molecular flexibility index (Phi) is 3.11. The van der Waals surface area contributed by atoms with Gasteiger partial charge in [0.2, 0.25) is 5.91 Å². The van der Waals surface area contributed by atoms with Gasteiger partial charge in [0.25, 0.3) is 0 Å². The van der Waals surface area contributed by atoms with Gasteiger partial charge < -0.3 is 4.90 Å². The molecule has 0 bridgehead atoms. The van der Waals surface area contributed by atoms with Crippen LogP contribution >= 0.6 is 15.9 Å². The number of halogens is 1. The van der Waals surface area contributed by atoms with Crippen LogP contribution in [0.25, 0.3) is 11.1 Å². The zero-order valence-corrected chi connectivity index (χ0v) is 12.1. The second-order valence-corrected chi connectivity index (χ2v) is 5.36. The fourth-order valence-corrected chi connectivity index (χ4v) is 2.89. The first kappa shape index (κ1) is 12.4. The van der Waals surface area contributed by atoms with Crippen molar-refractivity contribution in [3.8, 4) is 11.1 Å². The van der Waals surface area contributed by atoms with Crippen LogP contribution in [-0.2, 0) is 11.2 Å². The van der Waals surface area contributed by atoms with Gasteiger partial charge in [-0.15, -0.1) is 0 Å². The summed E-state index contributed by atoms with van der Waals surface area (Å²) < 4.78 is 0.834. The van der Waals surface area contributed by atoms with Gasteiger partial charge in [0.1, 0.15) is 4.60 Å². The molecule has 2 heterocycles. The van der Waals surface area contributed by atoms with Crippen molar-refractivity contribution >= 4 is 27.5 Å². The van der Waals surface area contributed by atoms with Crippen molar-refractivity contribution in [3.05, 3.63) is 46.7 Å². The molecule has 1 amide bonds. The van der Waals surface area contributed by atoms with E-state index in [0.717, 1.165) is 27.1 Å². The summed E-state index contributed by atoms with van der Waals surface area (Å²) >= 11 is 3.53. The molecule has 0 aliphatic carbocycles. The highest BCUT2D eigenvalue weighted by Crippen LogP contribution is 2.34. The number of aromatic nitrogens is 1. The van der Waals surface area contributed by atoms with Crippen LogP contribution in [0.3, 0.4) is 0 Å². The van der Waals surface area contributed by atoms with Gasteiger partial charge in [-0.1, -0.05) is 30.3 Å². The van der Waals surface area contributed by atoms with E-state index in [1.54, 1.807) is 4.90 Å². The molecule has 1 aromatic heterocycles. The highest BCUT2D eigenvalue weighted by Gasteiger charge is 2.23. The predicted molar refractivity (Wildman–Crippen MR) is 79.1 cm³/mol. The Morgan fingerprint density at radius 3 is 2.68 bits per heavy atom. The Labute approximate surface area is 120 Å². The van der Waals surface area contributed by atoms with Crippen molar-refractivity contribution in [2.24, 2.45) is 0 Å². The largest absolute Gasteiger partial charge is 0.314 e. The van der Waals surface area contributed by atoms with Crippen LogP contribution in [0.4, 0.5) is 5.69 Å². The zero-order chi connectivity index (χ0) is 13.4. The SMILES string of the molecule is CN1C(=O)CCc2nc(Br)c(-c3ccccc3)cc21. The van der Waals surface area contributed by atoms with Crippen molar-refractivity contribution in [2.75, 3.05) is 11.9 Å². The number of anilines is 1. The molecule has 0 unspecified atom stereocenters. The molecule has 3 nitrogen and oxygen atoms in total. The highest BCUT2D eigenvalue weighted by molar-refractivity contribution is 9.10. The number of aryl methyl sites for hydroxylation is 1. The molecular formula is C15H13BrN2O. The summed E-state index contributed by atoms with van der Waals surface area (Å²) in [5.74, 6) is 0.149. The number of hydrogen-bond acceptors (Lipinski definition) is 2. The average molecular weight is 317 g/mol. The number of rotatable bonds is 1. The Balaban J connectivity index is 2.16. The van der Waals surface area contributed by atoms with E-state index in [9.17, 15) is 4.79 Å². The van der Waals surface area contributed by atoms with Gasteiger partial charge in [0.15, 0.2) is 0 Å². The normalized spacial score (nSPS) is 14.4. The van der Waals surface area contributed by atoms with Crippen molar-refractivity contribution in [3.63, 3.8) is 0 Å². The number of nitrogens with zero attached hydrogens (tertiary/aromatic N) is 2. The number of pyridine rings is 1. The number of carbonyl (C=O) groups excluding carboxylic acids is 1. The molecule has 0 fully saturated rings. The molecule has 0 saturated carbocycles. The maximum absolute atomic E-state index is 11.8. The van der Waals surface area contributed by atoms with Crippen molar-refractivity contribution in [2.45, 2.75) is 12.8 Å². The van der Waals surface area contributed by atoms with E-state index in [0.29, 0.717) is 12.8 Å². The van der Waals surface area contributed by atoms with Gasteiger partial charge in [-0.2, -0.15) is 0 Å². The summed E-state index contributed by atoms with van der Waals surface area (Å²) in [4.78, 5) is 18.1. The lowest BCUT2D eigenvalue weighted by molar-refractivity contribution is -0.118. The number of carbonyl (C=O) groups is 1. The van der Waals surface area contributed by atoms with Crippen LogP contribution in [0.2, 0.25) is 0 Å². The van der Waals surface area contributed by atoms with Gasteiger partial charge in [0.05, 0.1) is 11.4 Å². The molecular weight excluding hydrogens is 304 g/mol. The molecule has 0 spiro atoms. The number of fused-ring (bicyclic) bond motifs is 1. The molecule has 0 saturated heterocycles. The minimum absolute atomic E-state index is 0.149. The van der Waals surface area contributed by atoms with Gasteiger partial charge in [-0.05, 0) is 27.6 Å². The third kappa shape index (κ3) is 2.16. The smallest absolute Gasteiger partial charge is 0.227 e. The standard InChI is InChI=1S/C15H13BrN2O/c1-18-13-9-11(10-5-3-2-4-6-10)15(16)17-12(13)7-8-14(18)19/h2-6,9H,7-8H2,1H3. The first-order chi connectivity index (χ1) is 9.16. The topological polar surface area (TPSA) is 33.2 Å². The summed E-state index contributed by atoms with van der Waals surface area (Å²) in [5.41, 5.74) is 4.00. The van der Waals surface area contributed by atoms with E-state index >= 15 is 0 Å². The number of benzene rings is 1. The first-order valence-corrected chi connectivity index (χ1v) is 6.97. The summed E-state index contributed by atoms with van der Waals surface area (Å²) in [6, 6.07) is 12.1. The fraction of sp³-hybridized carbons (Fsp3) is 0.200. The van der Waals surface area contributed by atoms with E-state index in [1.165, 1.54) is 0 Å². The van der Waals surface area contributed by atoms with Crippen LogP contribution in [0.1, 0.15) is 12.1 Å². The summed E-state index contributed by atoms with van der Waals surface area (Å²) in [7, 11) is 1.81.